The van der Waals surface area contributed by atoms with Gasteiger partial charge in [0.25, 0.3) is 0 Å². The summed E-state index contributed by atoms with van der Waals surface area (Å²) in [5, 5.41) is 11.2. The largest absolute Gasteiger partial charge is 0.359 e. The highest BCUT2D eigenvalue weighted by atomic mass is 35.5. The second-order valence-electron chi connectivity index (χ2n) is 4.68. The predicted octanol–water partition coefficient (Wildman–Crippen LogP) is 4.47. The Morgan fingerprint density at radius 2 is 1.91 bits per heavy atom. The van der Waals surface area contributed by atoms with E-state index >= 15 is 0 Å². The molecule has 0 radical (unpaired) electrons. The molecule has 2 N–H and O–H groups in total. The van der Waals surface area contributed by atoms with Gasteiger partial charge < -0.3 is 9.84 Å². The number of amides is 2. The molecule has 0 saturated carbocycles. The van der Waals surface area contributed by atoms with Crippen molar-refractivity contribution in [1.29, 1.82) is 0 Å². The molecule has 2 rings (SSSR count). The van der Waals surface area contributed by atoms with Gasteiger partial charge in [0, 0.05) is 11.3 Å². The average molecular weight is 341 g/mol. The second-order valence-corrected chi connectivity index (χ2v) is 5.50. The molecule has 116 valence electrons. The van der Waals surface area contributed by atoms with E-state index in [0.29, 0.717) is 38.5 Å². The maximum absolute atomic E-state index is 11.9. The Morgan fingerprint density at radius 3 is 2.50 bits per heavy atom. The number of hydrogen-bond acceptors (Lipinski definition) is 4. The van der Waals surface area contributed by atoms with Crippen molar-refractivity contribution in [3.05, 3.63) is 34.0 Å². The van der Waals surface area contributed by atoms with Gasteiger partial charge >= 0.3 is 6.03 Å². The minimum absolute atomic E-state index is 0.362. The number of halogens is 2. The first-order chi connectivity index (χ1) is 10.4. The van der Waals surface area contributed by atoms with Gasteiger partial charge in [0.15, 0.2) is 5.76 Å². The number of carbonyl (C=O) groups is 1. The monoisotopic (exact) mass is 340 g/mol. The SMILES string of the molecule is CC(C)=NNC(=O)Nc1c(-c2c(Cl)cccc2Cl)noc1C. The summed E-state index contributed by atoms with van der Waals surface area (Å²) in [5.74, 6) is 0.429. The van der Waals surface area contributed by atoms with Gasteiger partial charge in [-0.15, -0.1) is 0 Å². The van der Waals surface area contributed by atoms with Crippen LogP contribution >= 0.6 is 23.2 Å². The molecule has 0 aliphatic heterocycles. The van der Waals surface area contributed by atoms with Crippen molar-refractivity contribution < 1.29 is 9.32 Å². The van der Waals surface area contributed by atoms with E-state index in [1.165, 1.54) is 0 Å². The highest BCUT2D eigenvalue weighted by Crippen LogP contribution is 2.39. The minimum atomic E-state index is -0.517. The van der Waals surface area contributed by atoms with E-state index in [9.17, 15) is 4.79 Å². The molecule has 22 heavy (non-hydrogen) atoms. The first-order valence-electron chi connectivity index (χ1n) is 6.38. The third kappa shape index (κ3) is 3.58. The first-order valence-corrected chi connectivity index (χ1v) is 7.14. The van der Waals surface area contributed by atoms with E-state index in [1.54, 1.807) is 39.0 Å². The summed E-state index contributed by atoms with van der Waals surface area (Å²) < 4.78 is 5.14. The van der Waals surface area contributed by atoms with Crippen LogP contribution in [0.15, 0.2) is 27.8 Å². The Balaban J connectivity index is 2.37. The van der Waals surface area contributed by atoms with Crippen LogP contribution in [0.4, 0.5) is 10.5 Å². The molecular weight excluding hydrogens is 327 g/mol. The molecule has 0 bridgehead atoms. The van der Waals surface area contributed by atoms with Crippen LogP contribution in [0.3, 0.4) is 0 Å². The number of nitrogens with zero attached hydrogens (tertiary/aromatic N) is 2. The zero-order valence-electron chi connectivity index (χ0n) is 12.2. The van der Waals surface area contributed by atoms with Crippen molar-refractivity contribution in [2.75, 3.05) is 5.32 Å². The number of benzene rings is 1. The van der Waals surface area contributed by atoms with Crippen LogP contribution in [0.1, 0.15) is 19.6 Å². The molecule has 6 nitrogen and oxygen atoms in total. The van der Waals surface area contributed by atoms with Crippen molar-refractivity contribution in [3.8, 4) is 11.3 Å². The van der Waals surface area contributed by atoms with Crippen LogP contribution in [-0.4, -0.2) is 16.9 Å². The van der Waals surface area contributed by atoms with Crippen molar-refractivity contribution >= 4 is 40.6 Å². The molecule has 2 aromatic rings. The molecule has 0 fully saturated rings. The van der Waals surface area contributed by atoms with Gasteiger partial charge in [0.05, 0.1) is 10.0 Å². The number of nitrogens with one attached hydrogen (secondary N) is 2. The minimum Gasteiger partial charge on any atom is -0.359 e. The topological polar surface area (TPSA) is 79.5 Å². The second kappa shape index (κ2) is 6.81. The molecule has 1 aromatic heterocycles. The summed E-state index contributed by atoms with van der Waals surface area (Å²) in [6, 6.07) is 4.57. The highest BCUT2D eigenvalue weighted by Gasteiger charge is 2.21. The number of carbonyl (C=O) groups excluding carboxylic acids is 1. The summed E-state index contributed by atoms with van der Waals surface area (Å²) in [5.41, 5.74) is 4.31. The highest BCUT2D eigenvalue weighted by molar-refractivity contribution is 6.39. The van der Waals surface area contributed by atoms with Crippen molar-refractivity contribution in [1.82, 2.24) is 10.6 Å². The number of urea groups is 1. The molecule has 0 aliphatic carbocycles. The molecule has 2 amide bonds. The quantitative estimate of drug-likeness (QED) is 0.638. The normalized spacial score (nSPS) is 10.2. The van der Waals surface area contributed by atoms with Crippen LogP contribution in [-0.2, 0) is 0 Å². The van der Waals surface area contributed by atoms with Gasteiger partial charge in [-0.3, -0.25) is 0 Å². The number of aromatic nitrogens is 1. The Hall–Kier alpha value is -2.05. The zero-order chi connectivity index (χ0) is 16.3. The van der Waals surface area contributed by atoms with Gasteiger partial charge in [-0.2, -0.15) is 5.10 Å². The van der Waals surface area contributed by atoms with E-state index in [1.807, 2.05) is 0 Å². The molecule has 1 heterocycles. The lowest BCUT2D eigenvalue weighted by atomic mass is 10.1. The third-order valence-electron chi connectivity index (χ3n) is 2.68. The van der Waals surface area contributed by atoms with E-state index < -0.39 is 6.03 Å². The number of aryl methyl sites for hydroxylation is 1. The van der Waals surface area contributed by atoms with Crippen LogP contribution in [0.5, 0.6) is 0 Å². The molecule has 0 atom stereocenters. The van der Waals surface area contributed by atoms with Crippen molar-refractivity contribution in [3.63, 3.8) is 0 Å². The standard InChI is InChI=1S/C14H14Cl2N4O2/c1-7(2)18-19-14(21)17-12-8(3)22-20-13(12)11-9(15)5-4-6-10(11)16/h4-6H,1-3H3,(H2,17,19,21). The van der Waals surface area contributed by atoms with Crippen LogP contribution < -0.4 is 10.7 Å². The summed E-state index contributed by atoms with van der Waals surface area (Å²) in [6.07, 6.45) is 0. The summed E-state index contributed by atoms with van der Waals surface area (Å²) in [7, 11) is 0. The van der Waals surface area contributed by atoms with Crippen molar-refractivity contribution in [2.24, 2.45) is 5.10 Å². The van der Waals surface area contributed by atoms with Gasteiger partial charge in [-0.05, 0) is 32.9 Å². The molecule has 8 heteroatoms. The lowest BCUT2D eigenvalue weighted by molar-refractivity contribution is 0.252. The molecule has 0 saturated heterocycles. The number of hydrogen-bond donors (Lipinski definition) is 2. The molecule has 0 spiro atoms. The summed E-state index contributed by atoms with van der Waals surface area (Å²) in [6.45, 7) is 5.20. The van der Waals surface area contributed by atoms with E-state index in [2.05, 4.69) is 21.0 Å². The third-order valence-corrected chi connectivity index (χ3v) is 3.31. The number of hydrazone groups is 1. The smallest absolute Gasteiger partial charge is 0.339 e. The van der Waals surface area contributed by atoms with Gasteiger partial charge in [0.1, 0.15) is 11.4 Å². The van der Waals surface area contributed by atoms with Gasteiger partial charge in [0.2, 0.25) is 0 Å². The molecular formula is C14H14Cl2N4O2. The maximum atomic E-state index is 11.9. The number of rotatable bonds is 3. The van der Waals surface area contributed by atoms with Crippen LogP contribution in [0, 0.1) is 6.92 Å². The maximum Gasteiger partial charge on any atom is 0.339 e. The summed E-state index contributed by atoms with van der Waals surface area (Å²) in [4.78, 5) is 11.9. The first kappa shape index (κ1) is 16.3. The van der Waals surface area contributed by atoms with E-state index in [0.717, 1.165) is 0 Å². The zero-order valence-corrected chi connectivity index (χ0v) is 13.7. The Labute approximate surface area is 137 Å². The summed E-state index contributed by atoms with van der Waals surface area (Å²) >= 11 is 12.3. The fraction of sp³-hybridized carbons (Fsp3) is 0.214. The van der Waals surface area contributed by atoms with Crippen molar-refractivity contribution in [2.45, 2.75) is 20.8 Å². The molecule has 1 aromatic carbocycles. The number of anilines is 1. The van der Waals surface area contributed by atoms with Crippen LogP contribution in [0.2, 0.25) is 10.0 Å². The fourth-order valence-corrected chi connectivity index (χ4v) is 2.29. The van der Waals surface area contributed by atoms with E-state index in [4.69, 9.17) is 27.7 Å². The fourth-order valence-electron chi connectivity index (χ4n) is 1.72. The van der Waals surface area contributed by atoms with Crippen LogP contribution in [0.25, 0.3) is 11.3 Å². The lowest BCUT2D eigenvalue weighted by Gasteiger charge is -2.08. The Bertz CT molecular complexity index is 716. The van der Waals surface area contributed by atoms with Gasteiger partial charge in [-0.1, -0.05) is 34.4 Å². The molecule has 0 unspecified atom stereocenters. The predicted molar refractivity (Wildman–Crippen MR) is 87.6 cm³/mol. The van der Waals surface area contributed by atoms with E-state index in [-0.39, 0.29) is 0 Å². The van der Waals surface area contributed by atoms with Gasteiger partial charge in [-0.25, -0.2) is 10.2 Å². The average Bonchev–Trinajstić information content (AvgIpc) is 2.78. The lowest BCUT2D eigenvalue weighted by Crippen LogP contribution is -2.25. The Kier molecular flexibility index (Phi) is 5.05. The Morgan fingerprint density at radius 1 is 1.27 bits per heavy atom. The molecule has 0 aliphatic rings.